The highest BCUT2D eigenvalue weighted by Gasteiger charge is 2.24. The number of nitrogens with one attached hydrogen (secondary N) is 1. The molecule has 1 N–H and O–H groups in total. The van der Waals surface area contributed by atoms with E-state index in [2.05, 4.69) is 11.4 Å². The average molecular weight is 308 g/mol. The number of hydrogen-bond donors (Lipinski definition) is 1. The molecule has 23 heavy (non-hydrogen) atoms. The zero-order chi connectivity index (χ0) is 16.7. The lowest BCUT2D eigenvalue weighted by atomic mass is 9.94. The highest BCUT2D eigenvalue weighted by Crippen LogP contribution is 2.22. The predicted octanol–water partition coefficient (Wildman–Crippen LogP) is 3.17. The topological polar surface area (TPSA) is 79.9 Å². The van der Waals surface area contributed by atoms with Crippen LogP contribution in [-0.2, 0) is 4.79 Å². The van der Waals surface area contributed by atoms with Crippen LogP contribution in [0.4, 0.5) is 5.69 Å². The Morgan fingerprint density at radius 2 is 1.96 bits per heavy atom. The van der Waals surface area contributed by atoms with Gasteiger partial charge in [-0.1, -0.05) is 31.4 Å². The van der Waals surface area contributed by atoms with Crippen molar-refractivity contribution in [2.45, 2.75) is 38.1 Å². The SMILES string of the molecule is CN(C(=O)/C(C#N)=C\Nc1ccccc1C#N)C1CCCCC1. The Bertz CT molecular complexity index is 675. The van der Waals surface area contributed by atoms with E-state index in [4.69, 9.17) is 5.26 Å². The lowest BCUT2D eigenvalue weighted by Gasteiger charge is -2.31. The van der Waals surface area contributed by atoms with Gasteiger partial charge in [0.15, 0.2) is 0 Å². The number of benzene rings is 1. The molecule has 0 atom stereocenters. The maximum Gasteiger partial charge on any atom is 0.266 e. The van der Waals surface area contributed by atoms with Crippen LogP contribution in [0.1, 0.15) is 37.7 Å². The third-order valence-electron chi connectivity index (χ3n) is 4.21. The van der Waals surface area contributed by atoms with Crippen molar-refractivity contribution in [1.29, 1.82) is 10.5 Å². The largest absolute Gasteiger partial charge is 0.359 e. The summed E-state index contributed by atoms with van der Waals surface area (Å²) < 4.78 is 0. The van der Waals surface area contributed by atoms with Crippen LogP contribution in [0.3, 0.4) is 0 Å². The van der Waals surface area contributed by atoms with Crippen LogP contribution in [0.25, 0.3) is 0 Å². The number of likely N-dealkylation sites (N-methyl/N-ethyl adjacent to an activating group) is 1. The zero-order valence-electron chi connectivity index (χ0n) is 13.2. The van der Waals surface area contributed by atoms with Crippen LogP contribution in [0, 0.1) is 22.7 Å². The molecule has 0 aliphatic heterocycles. The van der Waals surface area contributed by atoms with Gasteiger partial charge in [0, 0.05) is 19.3 Å². The molecular weight excluding hydrogens is 288 g/mol. The summed E-state index contributed by atoms with van der Waals surface area (Å²) in [6, 6.07) is 11.2. The van der Waals surface area contributed by atoms with E-state index in [0.717, 1.165) is 25.7 Å². The van der Waals surface area contributed by atoms with Gasteiger partial charge in [0.25, 0.3) is 5.91 Å². The lowest BCUT2D eigenvalue weighted by Crippen LogP contribution is -2.39. The van der Waals surface area contributed by atoms with Crippen molar-refractivity contribution in [2.75, 3.05) is 12.4 Å². The van der Waals surface area contributed by atoms with Gasteiger partial charge >= 0.3 is 0 Å². The lowest BCUT2D eigenvalue weighted by molar-refractivity contribution is -0.128. The molecule has 0 spiro atoms. The van der Waals surface area contributed by atoms with Gasteiger partial charge in [0.05, 0.1) is 11.3 Å². The molecule has 1 fully saturated rings. The average Bonchev–Trinajstić information content (AvgIpc) is 2.62. The Kier molecular flexibility index (Phi) is 5.77. The molecule has 0 saturated heterocycles. The number of anilines is 1. The summed E-state index contributed by atoms with van der Waals surface area (Å²) in [7, 11) is 1.76. The molecule has 1 aliphatic rings. The minimum Gasteiger partial charge on any atom is -0.359 e. The van der Waals surface area contributed by atoms with Gasteiger partial charge in [0.1, 0.15) is 17.7 Å². The second-order valence-corrected chi connectivity index (χ2v) is 5.68. The smallest absolute Gasteiger partial charge is 0.266 e. The van der Waals surface area contributed by atoms with Crippen molar-refractivity contribution in [3.63, 3.8) is 0 Å². The summed E-state index contributed by atoms with van der Waals surface area (Å²) in [5.74, 6) is -0.277. The molecule has 0 bridgehead atoms. The molecule has 2 rings (SSSR count). The van der Waals surface area contributed by atoms with E-state index >= 15 is 0 Å². The van der Waals surface area contributed by atoms with Gasteiger partial charge in [-0.15, -0.1) is 0 Å². The van der Waals surface area contributed by atoms with Crippen LogP contribution in [0.15, 0.2) is 36.0 Å². The van der Waals surface area contributed by atoms with E-state index in [0.29, 0.717) is 11.3 Å². The van der Waals surface area contributed by atoms with Crippen molar-refractivity contribution >= 4 is 11.6 Å². The molecular formula is C18H20N4O. The molecule has 118 valence electrons. The first kappa shape index (κ1) is 16.6. The maximum atomic E-state index is 12.5. The fourth-order valence-corrected chi connectivity index (χ4v) is 2.82. The summed E-state index contributed by atoms with van der Waals surface area (Å²) in [5, 5.41) is 21.2. The number of carbonyl (C=O) groups is 1. The first-order chi connectivity index (χ1) is 11.2. The molecule has 5 heteroatoms. The fourth-order valence-electron chi connectivity index (χ4n) is 2.82. The summed E-state index contributed by atoms with van der Waals surface area (Å²) in [6.07, 6.45) is 6.84. The van der Waals surface area contributed by atoms with E-state index in [1.54, 1.807) is 36.2 Å². The maximum absolute atomic E-state index is 12.5. The predicted molar refractivity (Wildman–Crippen MR) is 88.1 cm³/mol. The van der Waals surface area contributed by atoms with Crippen molar-refractivity contribution in [1.82, 2.24) is 4.90 Å². The van der Waals surface area contributed by atoms with E-state index in [9.17, 15) is 10.1 Å². The Hall–Kier alpha value is -2.79. The molecule has 1 aromatic rings. The van der Waals surface area contributed by atoms with Crippen molar-refractivity contribution < 1.29 is 4.79 Å². The number of nitrogens with zero attached hydrogens (tertiary/aromatic N) is 3. The van der Waals surface area contributed by atoms with E-state index < -0.39 is 0 Å². The van der Waals surface area contributed by atoms with Crippen molar-refractivity contribution in [2.24, 2.45) is 0 Å². The number of para-hydroxylation sites is 1. The van der Waals surface area contributed by atoms with Gasteiger partial charge in [-0.25, -0.2) is 0 Å². The number of amides is 1. The highest BCUT2D eigenvalue weighted by atomic mass is 16.2. The minimum absolute atomic E-state index is 0.0471. The van der Waals surface area contributed by atoms with Crippen LogP contribution in [0.5, 0.6) is 0 Å². The molecule has 0 aromatic heterocycles. The van der Waals surface area contributed by atoms with Gasteiger partial charge in [0.2, 0.25) is 0 Å². The first-order valence-electron chi connectivity index (χ1n) is 7.80. The van der Waals surface area contributed by atoms with E-state index in [-0.39, 0.29) is 17.5 Å². The van der Waals surface area contributed by atoms with E-state index in [1.807, 2.05) is 6.07 Å². The molecule has 5 nitrogen and oxygen atoms in total. The van der Waals surface area contributed by atoms with Gasteiger partial charge in [-0.05, 0) is 25.0 Å². The van der Waals surface area contributed by atoms with Crippen LogP contribution in [0.2, 0.25) is 0 Å². The molecule has 0 heterocycles. The molecule has 0 radical (unpaired) electrons. The summed E-state index contributed by atoms with van der Waals surface area (Å²) in [4.78, 5) is 14.2. The fraction of sp³-hybridized carbons (Fsp3) is 0.389. The third-order valence-corrected chi connectivity index (χ3v) is 4.21. The Balaban J connectivity index is 2.10. The monoisotopic (exact) mass is 308 g/mol. The summed E-state index contributed by atoms with van der Waals surface area (Å²) >= 11 is 0. The van der Waals surface area contributed by atoms with Crippen molar-refractivity contribution in [3.8, 4) is 12.1 Å². The number of rotatable bonds is 4. The molecule has 1 aromatic carbocycles. The normalized spacial score (nSPS) is 15.3. The quantitative estimate of drug-likeness (QED) is 0.684. The van der Waals surface area contributed by atoms with E-state index in [1.165, 1.54) is 12.6 Å². The molecule has 1 saturated carbocycles. The van der Waals surface area contributed by atoms with Crippen LogP contribution in [-0.4, -0.2) is 23.9 Å². The highest BCUT2D eigenvalue weighted by molar-refractivity contribution is 5.97. The van der Waals surface area contributed by atoms with Crippen LogP contribution < -0.4 is 5.32 Å². The van der Waals surface area contributed by atoms with Gasteiger partial charge in [-0.2, -0.15) is 10.5 Å². The zero-order valence-corrected chi connectivity index (χ0v) is 13.2. The number of hydrogen-bond acceptors (Lipinski definition) is 4. The summed E-state index contributed by atoms with van der Waals surface area (Å²) in [5.41, 5.74) is 1.09. The minimum atomic E-state index is -0.277. The van der Waals surface area contributed by atoms with Gasteiger partial charge < -0.3 is 10.2 Å². The van der Waals surface area contributed by atoms with Crippen LogP contribution >= 0.6 is 0 Å². The third kappa shape index (κ3) is 4.11. The Morgan fingerprint density at radius 1 is 1.26 bits per heavy atom. The molecule has 1 amide bonds. The van der Waals surface area contributed by atoms with Gasteiger partial charge in [-0.3, -0.25) is 4.79 Å². The molecule has 1 aliphatic carbocycles. The number of carbonyl (C=O) groups excluding carboxylic acids is 1. The first-order valence-corrected chi connectivity index (χ1v) is 7.80. The standard InChI is InChI=1S/C18H20N4O/c1-22(16-8-3-2-4-9-16)18(23)15(12-20)13-21-17-10-6-5-7-14(17)11-19/h5-7,10,13,16,21H,2-4,8-9H2,1H3/b15-13-. The number of nitriles is 2. The molecule has 0 unspecified atom stereocenters. The summed E-state index contributed by atoms with van der Waals surface area (Å²) in [6.45, 7) is 0. The second kappa shape index (κ2) is 8.00. The Morgan fingerprint density at radius 3 is 2.61 bits per heavy atom. The second-order valence-electron chi connectivity index (χ2n) is 5.68. The Labute approximate surface area is 136 Å². The van der Waals surface area contributed by atoms with Crippen molar-refractivity contribution in [3.05, 3.63) is 41.6 Å².